The second-order valence-corrected chi connectivity index (χ2v) is 6.68. The highest BCUT2D eigenvalue weighted by atomic mass is 32.2. The maximum atomic E-state index is 12.6. The van der Waals surface area contributed by atoms with E-state index in [4.69, 9.17) is 0 Å². The molecule has 0 unspecified atom stereocenters. The van der Waals surface area contributed by atoms with E-state index in [0.29, 0.717) is 5.69 Å². The van der Waals surface area contributed by atoms with Crippen molar-refractivity contribution in [1.82, 2.24) is 9.19 Å². The Bertz CT molecular complexity index is 716. The second kappa shape index (κ2) is 5.38. The van der Waals surface area contributed by atoms with E-state index in [2.05, 4.69) is 10.8 Å². The van der Waals surface area contributed by atoms with Crippen LogP contribution in [0.15, 0.2) is 29.2 Å². The zero-order chi connectivity index (χ0) is 14.9. The molecule has 1 heterocycles. The zero-order valence-electron chi connectivity index (χ0n) is 12.0. The predicted molar refractivity (Wildman–Crippen MR) is 76.9 cm³/mol. The van der Waals surface area contributed by atoms with Crippen LogP contribution < -0.4 is 5.73 Å². The average molecular weight is 294 g/mol. The molecular formula is C14H20N3O2S+. The van der Waals surface area contributed by atoms with Crippen LogP contribution in [-0.4, -0.2) is 24.1 Å². The summed E-state index contributed by atoms with van der Waals surface area (Å²) in [5, 5.41) is 4.20. The minimum absolute atomic E-state index is 0.259. The molecule has 0 bridgehead atoms. The lowest BCUT2D eigenvalue weighted by Crippen LogP contribution is -2.51. The van der Waals surface area contributed by atoms with E-state index in [1.165, 1.54) is 0 Å². The van der Waals surface area contributed by atoms with Crippen LogP contribution >= 0.6 is 0 Å². The van der Waals surface area contributed by atoms with Crippen LogP contribution in [0.4, 0.5) is 0 Å². The molecule has 0 amide bonds. The molecule has 0 radical (unpaired) electrons. The number of rotatable bonds is 4. The smallest absolute Gasteiger partial charge is 0.283 e. The monoisotopic (exact) mass is 294 g/mol. The average Bonchev–Trinajstić information content (AvgIpc) is 2.68. The second-order valence-electron chi connectivity index (χ2n) is 4.91. The summed E-state index contributed by atoms with van der Waals surface area (Å²) >= 11 is 0. The number of aromatic nitrogens is 2. The Morgan fingerprint density at radius 3 is 2.30 bits per heavy atom. The van der Waals surface area contributed by atoms with Crippen molar-refractivity contribution in [3.05, 3.63) is 46.8 Å². The lowest BCUT2D eigenvalue weighted by atomic mass is 10.1. The molecule has 3 N–H and O–H groups in total. The third-order valence-electron chi connectivity index (χ3n) is 3.37. The SMILES string of the molecule is Cc1ccc(S(=O)(=O)n2nc(C)c(CC[NH3+])c2C)cc1. The van der Waals surface area contributed by atoms with Crippen LogP contribution in [0.3, 0.4) is 0 Å². The highest BCUT2D eigenvalue weighted by Gasteiger charge is 2.23. The van der Waals surface area contributed by atoms with E-state index in [1.807, 2.05) is 13.8 Å². The molecule has 0 atom stereocenters. The Kier molecular flexibility index (Phi) is 3.96. The van der Waals surface area contributed by atoms with Gasteiger partial charge in [0.2, 0.25) is 0 Å². The Balaban J connectivity index is 2.55. The minimum atomic E-state index is -3.62. The molecule has 0 saturated carbocycles. The summed E-state index contributed by atoms with van der Waals surface area (Å²) in [4.78, 5) is 0.259. The molecule has 5 nitrogen and oxygen atoms in total. The van der Waals surface area contributed by atoms with Crippen LogP contribution in [0.2, 0.25) is 0 Å². The summed E-state index contributed by atoms with van der Waals surface area (Å²) in [6, 6.07) is 6.80. The van der Waals surface area contributed by atoms with Gasteiger partial charge in [-0.2, -0.15) is 17.6 Å². The molecule has 0 aliphatic heterocycles. The van der Waals surface area contributed by atoms with Crippen molar-refractivity contribution in [2.45, 2.75) is 32.1 Å². The molecule has 2 rings (SSSR count). The molecule has 2 aromatic rings. The topological polar surface area (TPSA) is 79.6 Å². The summed E-state index contributed by atoms with van der Waals surface area (Å²) in [7, 11) is -3.62. The van der Waals surface area contributed by atoms with Crippen LogP contribution in [-0.2, 0) is 16.4 Å². The summed E-state index contributed by atoms with van der Waals surface area (Å²) in [5.41, 5.74) is 7.23. The number of hydrogen-bond acceptors (Lipinski definition) is 3. The summed E-state index contributed by atoms with van der Waals surface area (Å²) in [6.07, 6.45) is 0.737. The first-order chi connectivity index (χ1) is 9.37. The van der Waals surface area contributed by atoms with Gasteiger partial charge in [0.15, 0.2) is 0 Å². The highest BCUT2D eigenvalue weighted by molar-refractivity contribution is 7.89. The molecule has 0 aliphatic rings. The van der Waals surface area contributed by atoms with Gasteiger partial charge in [-0.25, -0.2) is 0 Å². The lowest BCUT2D eigenvalue weighted by Gasteiger charge is -2.07. The molecule has 108 valence electrons. The van der Waals surface area contributed by atoms with Crippen molar-refractivity contribution in [3.63, 3.8) is 0 Å². The highest BCUT2D eigenvalue weighted by Crippen LogP contribution is 2.20. The predicted octanol–water partition coefficient (Wildman–Crippen LogP) is 0.830. The third kappa shape index (κ3) is 2.48. The molecule has 20 heavy (non-hydrogen) atoms. The van der Waals surface area contributed by atoms with E-state index in [0.717, 1.165) is 33.9 Å². The molecule has 6 heteroatoms. The molecule has 1 aromatic heterocycles. The van der Waals surface area contributed by atoms with Crippen LogP contribution in [0.5, 0.6) is 0 Å². The number of benzene rings is 1. The summed E-state index contributed by atoms with van der Waals surface area (Å²) in [6.45, 7) is 6.26. The van der Waals surface area contributed by atoms with Crippen molar-refractivity contribution in [2.24, 2.45) is 0 Å². The van der Waals surface area contributed by atoms with Gasteiger partial charge < -0.3 is 5.73 Å². The van der Waals surface area contributed by atoms with Gasteiger partial charge in [0.05, 0.1) is 22.8 Å². The Labute approximate surface area is 119 Å². The Hall–Kier alpha value is -1.66. The van der Waals surface area contributed by atoms with Gasteiger partial charge >= 0.3 is 0 Å². The first-order valence-electron chi connectivity index (χ1n) is 6.54. The molecule has 0 saturated heterocycles. The third-order valence-corrected chi connectivity index (χ3v) is 5.05. The lowest BCUT2D eigenvalue weighted by molar-refractivity contribution is -0.366. The van der Waals surface area contributed by atoms with Gasteiger partial charge in [-0.1, -0.05) is 17.7 Å². The van der Waals surface area contributed by atoms with Crippen LogP contribution in [0.25, 0.3) is 0 Å². The number of nitrogens with zero attached hydrogens (tertiary/aromatic N) is 2. The molecular weight excluding hydrogens is 274 g/mol. The van der Waals surface area contributed by atoms with Crippen molar-refractivity contribution >= 4 is 10.0 Å². The quantitative estimate of drug-likeness (QED) is 0.907. The summed E-state index contributed by atoms with van der Waals surface area (Å²) in [5.74, 6) is 0. The molecule has 0 aliphatic carbocycles. The number of hydrogen-bond donors (Lipinski definition) is 1. The first kappa shape index (κ1) is 14.7. The van der Waals surface area contributed by atoms with Crippen molar-refractivity contribution in [2.75, 3.05) is 6.54 Å². The fourth-order valence-corrected chi connectivity index (χ4v) is 3.61. The Morgan fingerprint density at radius 2 is 1.75 bits per heavy atom. The van der Waals surface area contributed by atoms with Crippen molar-refractivity contribution in [1.29, 1.82) is 0 Å². The normalized spacial score (nSPS) is 11.8. The van der Waals surface area contributed by atoms with E-state index in [1.54, 1.807) is 31.2 Å². The van der Waals surface area contributed by atoms with Gasteiger partial charge in [0.25, 0.3) is 10.0 Å². The van der Waals surface area contributed by atoms with E-state index in [9.17, 15) is 8.42 Å². The van der Waals surface area contributed by atoms with Crippen molar-refractivity contribution in [3.8, 4) is 0 Å². The maximum absolute atomic E-state index is 12.6. The minimum Gasteiger partial charge on any atom is -0.357 e. The van der Waals surface area contributed by atoms with Gasteiger partial charge in [-0.15, -0.1) is 0 Å². The molecule has 0 spiro atoms. The van der Waals surface area contributed by atoms with Crippen molar-refractivity contribution < 1.29 is 14.2 Å². The summed E-state index contributed by atoms with van der Waals surface area (Å²) < 4.78 is 26.4. The molecule has 1 aromatic carbocycles. The largest absolute Gasteiger partial charge is 0.357 e. The van der Waals surface area contributed by atoms with E-state index in [-0.39, 0.29) is 4.90 Å². The van der Waals surface area contributed by atoms with E-state index < -0.39 is 10.0 Å². The number of quaternary nitrogens is 1. The van der Waals surface area contributed by atoms with Gasteiger partial charge in [0, 0.05) is 12.0 Å². The fraction of sp³-hybridized carbons (Fsp3) is 0.357. The molecule has 0 fully saturated rings. The van der Waals surface area contributed by atoms with Gasteiger partial charge in [0.1, 0.15) is 0 Å². The zero-order valence-corrected chi connectivity index (χ0v) is 12.9. The standard InChI is InChI=1S/C14H19N3O2S/c1-10-4-6-13(7-5-10)20(18,19)17-12(3)14(8-9-15)11(2)16-17/h4-7H,8-9,15H2,1-3H3/p+1. The number of aryl methyl sites for hydroxylation is 2. The van der Waals surface area contributed by atoms with Gasteiger partial charge in [-0.05, 0) is 32.9 Å². The fourth-order valence-electron chi connectivity index (χ4n) is 2.23. The van der Waals surface area contributed by atoms with Gasteiger partial charge in [-0.3, -0.25) is 0 Å². The van der Waals surface area contributed by atoms with E-state index >= 15 is 0 Å². The maximum Gasteiger partial charge on any atom is 0.283 e. The first-order valence-corrected chi connectivity index (χ1v) is 7.98. The van der Waals surface area contributed by atoms with Crippen LogP contribution in [0, 0.1) is 20.8 Å². The Morgan fingerprint density at radius 1 is 1.15 bits per heavy atom. The van der Waals surface area contributed by atoms with Crippen LogP contribution in [0.1, 0.15) is 22.5 Å².